The Morgan fingerprint density at radius 3 is 2.50 bits per heavy atom. The van der Waals surface area contributed by atoms with E-state index in [1.54, 1.807) is 17.0 Å². The zero-order valence-corrected chi connectivity index (χ0v) is 13.5. The molecule has 1 aliphatic heterocycles. The van der Waals surface area contributed by atoms with Crippen molar-refractivity contribution in [3.8, 4) is 0 Å². The van der Waals surface area contributed by atoms with Gasteiger partial charge in [-0.2, -0.15) is 0 Å². The van der Waals surface area contributed by atoms with Gasteiger partial charge < -0.3 is 20.0 Å². The molecule has 122 valence electrons. The first-order valence-corrected chi connectivity index (χ1v) is 7.87. The molecule has 2 heterocycles. The third-order valence-corrected chi connectivity index (χ3v) is 4.21. The van der Waals surface area contributed by atoms with E-state index in [1.807, 2.05) is 6.92 Å². The molecule has 2 N–H and O–H groups in total. The molecule has 6 heteroatoms. The van der Waals surface area contributed by atoms with Crippen LogP contribution in [0.4, 0.5) is 4.79 Å². The SMILES string of the molecule is CC(C)C(C)NC(=O)NC1CCN(C(=O)c2ccco2)CC1. The second-order valence-electron chi connectivity index (χ2n) is 6.19. The van der Waals surface area contributed by atoms with Gasteiger partial charge in [-0.15, -0.1) is 0 Å². The summed E-state index contributed by atoms with van der Waals surface area (Å²) in [7, 11) is 0. The number of carbonyl (C=O) groups is 2. The zero-order valence-electron chi connectivity index (χ0n) is 13.5. The third-order valence-electron chi connectivity index (χ3n) is 4.21. The number of carbonyl (C=O) groups excluding carboxylic acids is 2. The van der Waals surface area contributed by atoms with Crippen LogP contribution in [0, 0.1) is 5.92 Å². The van der Waals surface area contributed by atoms with Gasteiger partial charge in [-0.05, 0) is 37.8 Å². The molecule has 1 aliphatic rings. The second-order valence-corrected chi connectivity index (χ2v) is 6.19. The molecule has 1 unspecified atom stereocenters. The first-order chi connectivity index (χ1) is 10.5. The van der Waals surface area contributed by atoms with Crippen LogP contribution in [0.3, 0.4) is 0 Å². The molecule has 0 bridgehead atoms. The predicted molar refractivity (Wildman–Crippen MR) is 83.6 cm³/mol. The summed E-state index contributed by atoms with van der Waals surface area (Å²) in [6, 6.07) is 3.51. The van der Waals surface area contributed by atoms with Gasteiger partial charge in [0.2, 0.25) is 0 Å². The molecule has 1 saturated heterocycles. The molecule has 22 heavy (non-hydrogen) atoms. The van der Waals surface area contributed by atoms with Crippen LogP contribution < -0.4 is 10.6 Å². The van der Waals surface area contributed by atoms with E-state index < -0.39 is 0 Å². The zero-order chi connectivity index (χ0) is 16.1. The van der Waals surface area contributed by atoms with Gasteiger partial charge in [0.15, 0.2) is 5.76 Å². The number of piperidine rings is 1. The summed E-state index contributed by atoms with van der Waals surface area (Å²) in [5, 5.41) is 5.92. The molecule has 1 aromatic rings. The van der Waals surface area contributed by atoms with Crippen LogP contribution in [0.25, 0.3) is 0 Å². The average molecular weight is 307 g/mol. The molecule has 0 saturated carbocycles. The Kier molecular flexibility index (Phi) is 5.46. The van der Waals surface area contributed by atoms with Crippen LogP contribution >= 0.6 is 0 Å². The fraction of sp³-hybridized carbons (Fsp3) is 0.625. The second kappa shape index (κ2) is 7.33. The van der Waals surface area contributed by atoms with Gasteiger partial charge in [-0.1, -0.05) is 13.8 Å². The smallest absolute Gasteiger partial charge is 0.315 e. The summed E-state index contributed by atoms with van der Waals surface area (Å²) in [6.45, 7) is 7.40. The lowest BCUT2D eigenvalue weighted by molar-refractivity contribution is 0.0676. The van der Waals surface area contributed by atoms with Crippen molar-refractivity contribution in [1.82, 2.24) is 15.5 Å². The van der Waals surface area contributed by atoms with Crippen LogP contribution in [-0.4, -0.2) is 42.0 Å². The van der Waals surface area contributed by atoms with Crippen molar-refractivity contribution >= 4 is 11.9 Å². The summed E-state index contributed by atoms with van der Waals surface area (Å²) < 4.78 is 5.14. The van der Waals surface area contributed by atoms with E-state index in [4.69, 9.17) is 4.42 Å². The van der Waals surface area contributed by atoms with Gasteiger partial charge in [0, 0.05) is 25.2 Å². The monoisotopic (exact) mass is 307 g/mol. The number of furan rings is 1. The van der Waals surface area contributed by atoms with E-state index >= 15 is 0 Å². The molecule has 2 rings (SSSR count). The van der Waals surface area contributed by atoms with Crippen molar-refractivity contribution < 1.29 is 14.0 Å². The first kappa shape index (κ1) is 16.4. The highest BCUT2D eigenvalue weighted by atomic mass is 16.3. The van der Waals surface area contributed by atoms with Gasteiger partial charge in [0.05, 0.1) is 6.26 Å². The van der Waals surface area contributed by atoms with Gasteiger partial charge >= 0.3 is 6.03 Å². The lowest BCUT2D eigenvalue weighted by atomic mass is 10.0. The van der Waals surface area contributed by atoms with Gasteiger partial charge in [0.1, 0.15) is 0 Å². The first-order valence-electron chi connectivity index (χ1n) is 7.87. The molecular formula is C16H25N3O3. The van der Waals surface area contributed by atoms with E-state index in [0.717, 1.165) is 12.8 Å². The summed E-state index contributed by atoms with van der Waals surface area (Å²) in [4.78, 5) is 25.8. The third kappa shape index (κ3) is 4.26. The molecular weight excluding hydrogens is 282 g/mol. The van der Waals surface area contributed by atoms with Crippen LogP contribution in [0.1, 0.15) is 44.2 Å². The highest BCUT2D eigenvalue weighted by molar-refractivity contribution is 5.91. The van der Waals surface area contributed by atoms with Crippen molar-refractivity contribution in [2.45, 2.75) is 45.7 Å². The minimum Gasteiger partial charge on any atom is -0.459 e. The molecule has 3 amide bonds. The normalized spacial score (nSPS) is 17.4. The number of hydrogen-bond donors (Lipinski definition) is 2. The number of nitrogens with one attached hydrogen (secondary N) is 2. The fourth-order valence-corrected chi connectivity index (χ4v) is 2.38. The average Bonchev–Trinajstić information content (AvgIpc) is 3.01. The maximum absolute atomic E-state index is 12.1. The highest BCUT2D eigenvalue weighted by Gasteiger charge is 2.26. The van der Waals surface area contributed by atoms with E-state index in [2.05, 4.69) is 24.5 Å². The Bertz CT molecular complexity index is 491. The highest BCUT2D eigenvalue weighted by Crippen LogP contribution is 2.14. The largest absolute Gasteiger partial charge is 0.459 e. The van der Waals surface area contributed by atoms with Gasteiger partial charge in [0.25, 0.3) is 5.91 Å². The summed E-state index contributed by atoms with van der Waals surface area (Å²) in [5.41, 5.74) is 0. The number of amides is 3. The maximum atomic E-state index is 12.1. The Morgan fingerprint density at radius 2 is 1.95 bits per heavy atom. The van der Waals surface area contributed by atoms with Crippen molar-refractivity contribution in [3.63, 3.8) is 0 Å². The molecule has 0 spiro atoms. The molecule has 1 atom stereocenters. The van der Waals surface area contributed by atoms with E-state index in [9.17, 15) is 9.59 Å². The quantitative estimate of drug-likeness (QED) is 0.895. The Labute approximate surface area is 131 Å². The molecule has 6 nitrogen and oxygen atoms in total. The number of nitrogens with zero attached hydrogens (tertiary/aromatic N) is 1. The topological polar surface area (TPSA) is 74.6 Å². The Hall–Kier alpha value is -1.98. The predicted octanol–water partition coefficient (Wildman–Crippen LogP) is 2.23. The van der Waals surface area contributed by atoms with Crippen molar-refractivity contribution in [2.24, 2.45) is 5.92 Å². The van der Waals surface area contributed by atoms with Gasteiger partial charge in [-0.25, -0.2) is 4.79 Å². The van der Waals surface area contributed by atoms with Crippen molar-refractivity contribution in [1.29, 1.82) is 0 Å². The number of rotatable bonds is 4. The Morgan fingerprint density at radius 1 is 1.27 bits per heavy atom. The van der Waals surface area contributed by atoms with E-state index in [0.29, 0.717) is 24.8 Å². The van der Waals surface area contributed by atoms with Crippen LogP contribution in [0.2, 0.25) is 0 Å². The molecule has 0 aliphatic carbocycles. The number of hydrogen-bond acceptors (Lipinski definition) is 3. The molecule has 0 radical (unpaired) electrons. The number of urea groups is 1. The van der Waals surface area contributed by atoms with E-state index in [1.165, 1.54) is 6.26 Å². The molecule has 1 fully saturated rings. The van der Waals surface area contributed by atoms with Crippen LogP contribution in [0.15, 0.2) is 22.8 Å². The molecule has 0 aromatic carbocycles. The van der Waals surface area contributed by atoms with Crippen LogP contribution in [-0.2, 0) is 0 Å². The summed E-state index contributed by atoms with van der Waals surface area (Å²) in [5.74, 6) is 0.690. The Balaban J connectivity index is 1.75. The fourth-order valence-electron chi connectivity index (χ4n) is 2.38. The lowest BCUT2D eigenvalue weighted by Gasteiger charge is -2.32. The van der Waals surface area contributed by atoms with Crippen LogP contribution in [0.5, 0.6) is 0 Å². The van der Waals surface area contributed by atoms with Gasteiger partial charge in [-0.3, -0.25) is 4.79 Å². The van der Waals surface area contributed by atoms with Crippen molar-refractivity contribution in [3.05, 3.63) is 24.2 Å². The minimum absolute atomic E-state index is 0.0821. The maximum Gasteiger partial charge on any atom is 0.315 e. The number of likely N-dealkylation sites (tertiary alicyclic amines) is 1. The molecule has 1 aromatic heterocycles. The minimum atomic E-state index is -0.128. The van der Waals surface area contributed by atoms with E-state index in [-0.39, 0.29) is 24.0 Å². The standard InChI is InChI=1S/C16H25N3O3/c1-11(2)12(3)17-16(21)18-13-6-8-19(9-7-13)15(20)14-5-4-10-22-14/h4-5,10-13H,6-9H2,1-3H3,(H2,17,18,21). The summed E-state index contributed by atoms with van der Waals surface area (Å²) >= 11 is 0. The van der Waals surface area contributed by atoms with Crippen molar-refractivity contribution in [2.75, 3.05) is 13.1 Å². The lowest BCUT2D eigenvalue weighted by Crippen LogP contribution is -2.51. The summed E-state index contributed by atoms with van der Waals surface area (Å²) in [6.07, 6.45) is 3.02.